The van der Waals surface area contributed by atoms with Crippen molar-refractivity contribution in [2.75, 3.05) is 0 Å². The molecule has 92 valence electrons. The van der Waals surface area contributed by atoms with Crippen molar-refractivity contribution in [1.29, 1.82) is 0 Å². The van der Waals surface area contributed by atoms with Gasteiger partial charge in [0.25, 0.3) is 0 Å². The molecule has 0 bridgehead atoms. The van der Waals surface area contributed by atoms with E-state index in [0.717, 1.165) is 16.8 Å². The standard InChI is InChI=1S/C16H18N2/c1-3-5-13(11-17)14-8-12(2)9-15(10-14)16-6-4-7-18-16/h3-11,18H,17H2,1-2H3/b5-3-,13-11+. The van der Waals surface area contributed by atoms with Crippen molar-refractivity contribution < 1.29 is 0 Å². The van der Waals surface area contributed by atoms with Gasteiger partial charge in [0.05, 0.1) is 0 Å². The van der Waals surface area contributed by atoms with E-state index in [1.54, 1.807) is 6.20 Å². The van der Waals surface area contributed by atoms with Gasteiger partial charge in [-0.15, -0.1) is 0 Å². The first-order valence-electron chi connectivity index (χ1n) is 6.05. The lowest BCUT2D eigenvalue weighted by Gasteiger charge is -2.07. The number of rotatable bonds is 3. The molecule has 0 aliphatic carbocycles. The van der Waals surface area contributed by atoms with Gasteiger partial charge in [-0.25, -0.2) is 0 Å². The number of nitrogens with one attached hydrogen (secondary N) is 1. The fourth-order valence-electron chi connectivity index (χ4n) is 2.04. The maximum atomic E-state index is 5.69. The SMILES string of the molecule is C/C=C\C(=C/N)c1cc(C)cc(-c2ccc[nH]2)c1. The summed E-state index contributed by atoms with van der Waals surface area (Å²) < 4.78 is 0. The van der Waals surface area contributed by atoms with Crippen LogP contribution in [0.15, 0.2) is 54.9 Å². The van der Waals surface area contributed by atoms with Crippen molar-refractivity contribution in [3.05, 3.63) is 66.0 Å². The van der Waals surface area contributed by atoms with Gasteiger partial charge in [0, 0.05) is 18.1 Å². The molecule has 0 radical (unpaired) electrons. The van der Waals surface area contributed by atoms with Crippen molar-refractivity contribution in [1.82, 2.24) is 4.98 Å². The van der Waals surface area contributed by atoms with E-state index in [1.807, 2.05) is 31.3 Å². The van der Waals surface area contributed by atoms with Gasteiger partial charge >= 0.3 is 0 Å². The molecule has 2 aromatic rings. The monoisotopic (exact) mass is 238 g/mol. The molecule has 0 saturated heterocycles. The van der Waals surface area contributed by atoms with Gasteiger partial charge in [-0.2, -0.15) is 0 Å². The number of aromatic nitrogens is 1. The fourth-order valence-corrected chi connectivity index (χ4v) is 2.04. The molecule has 2 nitrogen and oxygen atoms in total. The Morgan fingerprint density at radius 3 is 2.72 bits per heavy atom. The van der Waals surface area contributed by atoms with Crippen LogP contribution in [-0.2, 0) is 0 Å². The van der Waals surface area contributed by atoms with Crippen LogP contribution in [0.2, 0.25) is 0 Å². The highest BCUT2D eigenvalue weighted by atomic mass is 14.7. The minimum absolute atomic E-state index is 1.04. The summed E-state index contributed by atoms with van der Waals surface area (Å²) in [7, 11) is 0. The van der Waals surface area contributed by atoms with E-state index in [9.17, 15) is 0 Å². The zero-order valence-corrected chi connectivity index (χ0v) is 10.8. The minimum Gasteiger partial charge on any atom is -0.404 e. The number of hydrogen-bond acceptors (Lipinski definition) is 1. The van der Waals surface area contributed by atoms with E-state index in [0.29, 0.717) is 0 Å². The summed E-state index contributed by atoms with van der Waals surface area (Å²) in [6, 6.07) is 10.5. The molecule has 0 spiro atoms. The third-order valence-electron chi connectivity index (χ3n) is 2.85. The van der Waals surface area contributed by atoms with Crippen LogP contribution in [0.1, 0.15) is 18.1 Å². The third kappa shape index (κ3) is 2.54. The van der Waals surface area contributed by atoms with Crippen molar-refractivity contribution in [3.63, 3.8) is 0 Å². The highest BCUT2D eigenvalue weighted by molar-refractivity contribution is 5.77. The molecule has 3 N–H and O–H groups in total. The Morgan fingerprint density at radius 2 is 2.11 bits per heavy atom. The molecule has 0 atom stereocenters. The Hall–Kier alpha value is -2.22. The van der Waals surface area contributed by atoms with Gasteiger partial charge in [0.2, 0.25) is 0 Å². The van der Waals surface area contributed by atoms with E-state index in [4.69, 9.17) is 5.73 Å². The lowest BCUT2D eigenvalue weighted by atomic mass is 9.99. The van der Waals surface area contributed by atoms with Crippen LogP contribution < -0.4 is 5.73 Å². The van der Waals surface area contributed by atoms with Crippen molar-refractivity contribution in [2.45, 2.75) is 13.8 Å². The van der Waals surface area contributed by atoms with Gasteiger partial charge in [-0.3, -0.25) is 0 Å². The second-order valence-corrected chi connectivity index (χ2v) is 4.29. The van der Waals surface area contributed by atoms with Crippen LogP contribution in [0.25, 0.3) is 16.8 Å². The first kappa shape index (κ1) is 12.2. The summed E-state index contributed by atoms with van der Waals surface area (Å²) in [6.45, 7) is 4.09. The number of benzene rings is 1. The van der Waals surface area contributed by atoms with Crippen LogP contribution in [0.4, 0.5) is 0 Å². The van der Waals surface area contributed by atoms with Crippen molar-refractivity contribution in [2.24, 2.45) is 5.73 Å². The molecule has 0 aliphatic heterocycles. The molecule has 1 aromatic heterocycles. The normalized spacial score (nSPS) is 12.2. The molecular formula is C16H18N2. The number of aromatic amines is 1. The van der Waals surface area contributed by atoms with E-state index in [1.165, 1.54) is 11.1 Å². The Labute approximate surface area is 108 Å². The summed E-state index contributed by atoms with van der Waals surface area (Å²) in [5, 5.41) is 0. The van der Waals surface area contributed by atoms with Crippen LogP contribution in [0.3, 0.4) is 0 Å². The van der Waals surface area contributed by atoms with Crippen LogP contribution >= 0.6 is 0 Å². The molecular weight excluding hydrogens is 220 g/mol. The lowest BCUT2D eigenvalue weighted by Crippen LogP contribution is -1.90. The zero-order chi connectivity index (χ0) is 13.0. The quantitative estimate of drug-likeness (QED) is 0.783. The van der Waals surface area contributed by atoms with Gasteiger partial charge in [0.15, 0.2) is 0 Å². The lowest BCUT2D eigenvalue weighted by molar-refractivity contribution is 1.37. The Bertz CT molecular complexity index is 575. The Kier molecular flexibility index (Phi) is 3.68. The molecule has 0 fully saturated rings. The first-order chi connectivity index (χ1) is 8.74. The second kappa shape index (κ2) is 5.41. The van der Waals surface area contributed by atoms with E-state index in [-0.39, 0.29) is 0 Å². The predicted octanol–water partition coefficient (Wildman–Crippen LogP) is 3.87. The molecule has 0 amide bonds. The van der Waals surface area contributed by atoms with Gasteiger partial charge < -0.3 is 10.7 Å². The molecule has 0 saturated carbocycles. The summed E-state index contributed by atoms with van der Waals surface area (Å²) in [5.41, 5.74) is 11.4. The zero-order valence-electron chi connectivity index (χ0n) is 10.8. The third-order valence-corrected chi connectivity index (χ3v) is 2.85. The highest BCUT2D eigenvalue weighted by Crippen LogP contribution is 2.25. The fraction of sp³-hybridized carbons (Fsp3) is 0.125. The van der Waals surface area contributed by atoms with Crippen LogP contribution in [0, 0.1) is 6.92 Å². The predicted molar refractivity (Wildman–Crippen MR) is 77.9 cm³/mol. The topological polar surface area (TPSA) is 41.8 Å². The van der Waals surface area contributed by atoms with E-state index < -0.39 is 0 Å². The van der Waals surface area contributed by atoms with Crippen molar-refractivity contribution >= 4 is 5.57 Å². The van der Waals surface area contributed by atoms with Crippen LogP contribution in [-0.4, -0.2) is 4.98 Å². The highest BCUT2D eigenvalue weighted by Gasteiger charge is 2.04. The molecule has 0 aliphatic rings. The minimum atomic E-state index is 1.04. The van der Waals surface area contributed by atoms with Gasteiger partial charge in [-0.05, 0) is 60.4 Å². The second-order valence-electron chi connectivity index (χ2n) is 4.29. The molecule has 2 heteroatoms. The van der Waals surface area contributed by atoms with E-state index in [2.05, 4.69) is 36.2 Å². The number of aryl methyl sites for hydroxylation is 1. The van der Waals surface area contributed by atoms with Crippen LogP contribution in [0.5, 0.6) is 0 Å². The smallest absolute Gasteiger partial charge is 0.0454 e. The molecule has 1 aromatic carbocycles. The summed E-state index contributed by atoms with van der Waals surface area (Å²) in [6.07, 6.45) is 7.60. The maximum absolute atomic E-state index is 5.69. The molecule has 1 heterocycles. The molecule has 0 unspecified atom stereocenters. The largest absolute Gasteiger partial charge is 0.404 e. The summed E-state index contributed by atoms with van der Waals surface area (Å²) >= 11 is 0. The number of allylic oxidation sites excluding steroid dienone is 3. The molecule has 18 heavy (non-hydrogen) atoms. The number of H-pyrrole nitrogens is 1. The van der Waals surface area contributed by atoms with Crippen molar-refractivity contribution in [3.8, 4) is 11.3 Å². The summed E-state index contributed by atoms with van der Waals surface area (Å²) in [5.74, 6) is 0. The molecule has 2 rings (SSSR count). The number of nitrogens with two attached hydrogens (primary N) is 1. The Balaban J connectivity index is 2.51. The first-order valence-corrected chi connectivity index (χ1v) is 6.05. The summed E-state index contributed by atoms with van der Waals surface area (Å²) in [4.78, 5) is 3.23. The van der Waals surface area contributed by atoms with Gasteiger partial charge in [0.1, 0.15) is 0 Å². The van der Waals surface area contributed by atoms with Gasteiger partial charge in [-0.1, -0.05) is 18.2 Å². The maximum Gasteiger partial charge on any atom is 0.0454 e. The number of hydrogen-bond donors (Lipinski definition) is 2. The average molecular weight is 238 g/mol. The average Bonchev–Trinajstić information content (AvgIpc) is 2.89. The van der Waals surface area contributed by atoms with E-state index >= 15 is 0 Å². The Morgan fingerprint density at radius 1 is 1.28 bits per heavy atom.